The molecule has 0 heterocycles. The van der Waals surface area contributed by atoms with E-state index in [0.717, 1.165) is 24.2 Å². The van der Waals surface area contributed by atoms with E-state index in [2.05, 4.69) is 6.92 Å². The number of carbonyl (C=O) groups excluding carboxylic acids is 1. The maximum absolute atomic E-state index is 11.4. The van der Waals surface area contributed by atoms with E-state index >= 15 is 0 Å². The van der Waals surface area contributed by atoms with Gasteiger partial charge in [0.1, 0.15) is 5.75 Å². The SMILES string of the molecule is CCCCOc1ccccc1/C=C/C(=O)OC(C)C. The van der Waals surface area contributed by atoms with E-state index < -0.39 is 0 Å². The van der Waals surface area contributed by atoms with Gasteiger partial charge in [-0.05, 0) is 32.4 Å². The van der Waals surface area contributed by atoms with Crippen LogP contribution < -0.4 is 4.74 Å². The van der Waals surface area contributed by atoms with Crippen molar-refractivity contribution < 1.29 is 14.3 Å². The van der Waals surface area contributed by atoms with Crippen LogP contribution in [0.3, 0.4) is 0 Å². The first-order valence-corrected chi connectivity index (χ1v) is 6.74. The Labute approximate surface area is 115 Å². The van der Waals surface area contributed by atoms with E-state index in [0.29, 0.717) is 6.61 Å². The number of unbranched alkanes of at least 4 members (excludes halogenated alkanes) is 1. The molecule has 0 saturated heterocycles. The Kier molecular flexibility index (Phi) is 6.72. The standard InChI is InChI=1S/C16H22O3/c1-4-5-12-18-15-9-7-6-8-14(15)10-11-16(17)19-13(2)3/h6-11,13H,4-5,12H2,1-3H3/b11-10+. The fraction of sp³-hybridized carbons (Fsp3) is 0.438. The Balaban J connectivity index is 2.66. The summed E-state index contributed by atoms with van der Waals surface area (Å²) < 4.78 is 10.7. The molecular weight excluding hydrogens is 240 g/mol. The van der Waals surface area contributed by atoms with Gasteiger partial charge in [0.05, 0.1) is 12.7 Å². The average Bonchev–Trinajstić information content (AvgIpc) is 2.37. The van der Waals surface area contributed by atoms with Crippen LogP contribution in [0.25, 0.3) is 6.08 Å². The second-order valence-electron chi connectivity index (χ2n) is 4.56. The summed E-state index contributed by atoms with van der Waals surface area (Å²) >= 11 is 0. The van der Waals surface area contributed by atoms with Crippen LogP contribution in [0.1, 0.15) is 39.2 Å². The largest absolute Gasteiger partial charge is 0.493 e. The Morgan fingerprint density at radius 3 is 2.74 bits per heavy atom. The molecule has 1 aromatic rings. The van der Waals surface area contributed by atoms with Crippen molar-refractivity contribution in [2.24, 2.45) is 0 Å². The first-order valence-electron chi connectivity index (χ1n) is 6.74. The molecule has 0 aliphatic carbocycles. The molecule has 0 spiro atoms. The molecule has 0 unspecified atom stereocenters. The molecule has 0 aliphatic rings. The molecule has 0 radical (unpaired) electrons. The molecule has 0 aromatic heterocycles. The minimum atomic E-state index is -0.335. The summed E-state index contributed by atoms with van der Waals surface area (Å²) in [6, 6.07) is 7.66. The number of ether oxygens (including phenoxy) is 2. The van der Waals surface area contributed by atoms with Crippen molar-refractivity contribution in [1.29, 1.82) is 0 Å². The molecule has 19 heavy (non-hydrogen) atoms. The van der Waals surface area contributed by atoms with Crippen molar-refractivity contribution in [3.05, 3.63) is 35.9 Å². The fourth-order valence-electron chi connectivity index (χ4n) is 1.51. The molecular formula is C16H22O3. The van der Waals surface area contributed by atoms with Crippen LogP contribution in [0.15, 0.2) is 30.3 Å². The summed E-state index contributed by atoms with van der Waals surface area (Å²) in [5.41, 5.74) is 0.888. The maximum atomic E-state index is 11.4. The summed E-state index contributed by atoms with van der Waals surface area (Å²) in [5.74, 6) is 0.461. The molecule has 3 nitrogen and oxygen atoms in total. The fourth-order valence-corrected chi connectivity index (χ4v) is 1.51. The summed E-state index contributed by atoms with van der Waals surface area (Å²) in [7, 11) is 0. The van der Waals surface area contributed by atoms with Gasteiger partial charge in [0.15, 0.2) is 0 Å². The zero-order valence-corrected chi connectivity index (χ0v) is 11.9. The lowest BCUT2D eigenvalue weighted by atomic mass is 10.2. The van der Waals surface area contributed by atoms with Crippen molar-refractivity contribution in [1.82, 2.24) is 0 Å². The zero-order valence-electron chi connectivity index (χ0n) is 11.9. The van der Waals surface area contributed by atoms with Crippen molar-refractivity contribution in [2.45, 2.75) is 39.7 Å². The van der Waals surface area contributed by atoms with Gasteiger partial charge in [0.2, 0.25) is 0 Å². The number of para-hydroxylation sites is 1. The van der Waals surface area contributed by atoms with E-state index in [1.807, 2.05) is 38.1 Å². The second kappa shape index (κ2) is 8.35. The van der Waals surface area contributed by atoms with Crippen LogP contribution in [-0.4, -0.2) is 18.7 Å². The molecule has 0 atom stereocenters. The van der Waals surface area contributed by atoms with Crippen LogP contribution in [0, 0.1) is 0 Å². The monoisotopic (exact) mass is 262 g/mol. The van der Waals surface area contributed by atoms with Crippen LogP contribution >= 0.6 is 0 Å². The van der Waals surface area contributed by atoms with Gasteiger partial charge in [-0.2, -0.15) is 0 Å². The quantitative estimate of drug-likeness (QED) is 0.425. The molecule has 0 aliphatic heterocycles. The highest BCUT2D eigenvalue weighted by Crippen LogP contribution is 2.19. The zero-order chi connectivity index (χ0) is 14.1. The van der Waals surface area contributed by atoms with Gasteiger partial charge in [-0.3, -0.25) is 0 Å². The Morgan fingerprint density at radius 1 is 1.32 bits per heavy atom. The Hall–Kier alpha value is -1.77. The summed E-state index contributed by atoms with van der Waals surface area (Å²) in [4.78, 5) is 11.4. The van der Waals surface area contributed by atoms with E-state index in [1.54, 1.807) is 6.08 Å². The second-order valence-corrected chi connectivity index (χ2v) is 4.56. The third kappa shape index (κ3) is 6.09. The highest BCUT2D eigenvalue weighted by molar-refractivity contribution is 5.87. The third-order valence-electron chi connectivity index (χ3n) is 2.43. The van der Waals surface area contributed by atoms with Gasteiger partial charge in [-0.25, -0.2) is 4.79 Å². The molecule has 3 heteroatoms. The molecule has 1 aromatic carbocycles. The van der Waals surface area contributed by atoms with Gasteiger partial charge >= 0.3 is 5.97 Å². The van der Waals surface area contributed by atoms with Crippen LogP contribution in [0.4, 0.5) is 0 Å². The number of hydrogen-bond acceptors (Lipinski definition) is 3. The normalized spacial score (nSPS) is 10.9. The molecule has 1 rings (SSSR count). The lowest BCUT2D eigenvalue weighted by molar-refractivity contribution is -0.141. The van der Waals surface area contributed by atoms with Gasteiger partial charge in [-0.15, -0.1) is 0 Å². The van der Waals surface area contributed by atoms with Crippen LogP contribution in [0.2, 0.25) is 0 Å². The van der Waals surface area contributed by atoms with Crippen LogP contribution in [0.5, 0.6) is 5.75 Å². The lowest BCUT2D eigenvalue weighted by Gasteiger charge is -2.08. The van der Waals surface area contributed by atoms with Gasteiger partial charge in [0, 0.05) is 11.6 Å². The van der Waals surface area contributed by atoms with Crippen molar-refractivity contribution in [2.75, 3.05) is 6.61 Å². The molecule has 104 valence electrons. The first kappa shape index (κ1) is 15.3. The van der Waals surface area contributed by atoms with Gasteiger partial charge in [0.25, 0.3) is 0 Å². The highest BCUT2D eigenvalue weighted by Gasteiger charge is 2.03. The predicted octanol–water partition coefficient (Wildman–Crippen LogP) is 3.83. The topological polar surface area (TPSA) is 35.5 Å². The molecule has 0 fully saturated rings. The summed E-state index contributed by atoms with van der Waals surface area (Å²) in [6.45, 7) is 6.47. The first-order chi connectivity index (χ1) is 9.13. The Bertz CT molecular complexity index is 422. The van der Waals surface area contributed by atoms with Crippen LogP contribution in [-0.2, 0) is 9.53 Å². The number of esters is 1. The number of rotatable bonds is 7. The van der Waals surface area contributed by atoms with Gasteiger partial charge < -0.3 is 9.47 Å². The van der Waals surface area contributed by atoms with E-state index in [9.17, 15) is 4.79 Å². The number of carbonyl (C=O) groups is 1. The Morgan fingerprint density at radius 2 is 2.05 bits per heavy atom. The summed E-state index contributed by atoms with van der Waals surface area (Å²) in [6.07, 6.45) is 5.17. The third-order valence-corrected chi connectivity index (χ3v) is 2.43. The van der Waals surface area contributed by atoms with Crippen molar-refractivity contribution in [3.8, 4) is 5.75 Å². The highest BCUT2D eigenvalue weighted by atomic mass is 16.5. The minimum absolute atomic E-state index is 0.104. The van der Waals surface area contributed by atoms with Gasteiger partial charge in [-0.1, -0.05) is 31.5 Å². The number of hydrogen-bond donors (Lipinski definition) is 0. The van der Waals surface area contributed by atoms with E-state index in [4.69, 9.17) is 9.47 Å². The molecule has 0 saturated carbocycles. The van der Waals surface area contributed by atoms with Crippen molar-refractivity contribution in [3.63, 3.8) is 0 Å². The lowest BCUT2D eigenvalue weighted by Crippen LogP contribution is -2.08. The van der Waals surface area contributed by atoms with E-state index in [-0.39, 0.29) is 12.1 Å². The smallest absolute Gasteiger partial charge is 0.331 e. The van der Waals surface area contributed by atoms with Crippen molar-refractivity contribution >= 4 is 12.0 Å². The molecule has 0 N–H and O–H groups in total. The molecule has 0 bridgehead atoms. The number of benzene rings is 1. The predicted molar refractivity (Wildman–Crippen MR) is 77.1 cm³/mol. The summed E-state index contributed by atoms with van der Waals surface area (Å²) in [5, 5.41) is 0. The maximum Gasteiger partial charge on any atom is 0.331 e. The molecule has 0 amide bonds. The minimum Gasteiger partial charge on any atom is -0.493 e. The average molecular weight is 262 g/mol. The van der Waals surface area contributed by atoms with E-state index in [1.165, 1.54) is 6.08 Å².